The lowest BCUT2D eigenvalue weighted by atomic mass is 10.0. The van der Waals surface area contributed by atoms with Crippen molar-refractivity contribution >= 4 is 17.6 Å². The van der Waals surface area contributed by atoms with Gasteiger partial charge < -0.3 is 9.64 Å². The predicted octanol–water partition coefficient (Wildman–Crippen LogP) is 2.70. The van der Waals surface area contributed by atoms with E-state index in [0.717, 1.165) is 11.3 Å². The van der Waals surface area contributed by atoms with Crippen LogP contribution in [0.5, 0.6) is 0 Å². The molecule has 1 atom stereocenters. The summed E-state index contributed by atoms with van der Waals surface area (Å²) >= 11 is 0. The van der Waals surface area contributed by atoms with Gasteiger partial charge >= 0.3 is 5.97 Å². The first-order chi connectivity index (χ1) is 10.5. The molecule has 0 aromatic heterocycles. The molecule has 0 spiro atoms. The van der Waals surface area contributed by atoms with Gasteiger partial charge in [0.2, 0.25) is 5.91 Å². The molecule has 0 saturated carbocycles. The zero-order valence-electron chi connectivity index (χ0n) is 13.0. The lowest BCUT2D eigenvalue weighted by Crippen LogP contribution is -2.30. The van der Waals surface area contributed by atoms with Crippen molar-refractivity contribution in [1.29, 1.82) is 0 Å². The van der Waals surface area contributed by atoms with Crippen LogP contribution in [0, 0.1) is 5.92 Å². The Balaban J connectivity index is 2.78. The normalized spacial score (nSPS) is 11.2. The van der Waals surface area contributed by atoms with Crippen LogP contribution in [-0.4, -0.2) is 32.1 Å². The summed E-state index contributed by atoms with van der Waals surface area (Å²) in [7, 11) is 1.37. The summed E-state index contributed by atoms with van der Waals surface area (Å²) in [4.78, 5) is 27.3. The number of carbonyl (C=O) groups is 2. The third kappa shape index (κ3) is 5.10. The van der Waals surface area contributed by atoms with Crippen LogP contribution < -0.4 is 4.90 Å². The van der Waals surface area contributed by atoms with Gasteiger partial charge in [-0.15, -0.1) is 0 Å². The smallest absolute Gasteiger partial charge is 0.308 e. The maximum atomic E-state index is 11.7. The molecule has 0 radical (unpaired) electrons. The van der Waals surface area contributed by atoms with Gasteiger partial charge in [0.15, 0.2) is 0 Å². The van der Waals surface area contributed by atoms with E-state index in [-0.39, 0.29) is 24.3 Å². The fraction of sp³-hybridized carbons (Fsp3) is 0.467. The summed E-state index contributed by atoms with van der Waals surface area (Å²) in [5.74, 6) is -0.586. The molecule has 7 nitrogen and oxygen atoms in total. The molecular formula is C15H20N4O3. The van der Waals surface area contributed by atoms with Crippen LogP contribution in [0.4, 0.5) is 5.69 Å². The third-order valence-corrected chi connectivity index (χ3v) is 3.26. The average molecular weight is 304 g/mol. The van der Waals surface area contributed by atoms with Crippen LogP contribution in [0.3, 0.4) is 0 Å². The quantitative estimate of drug-likeness (QED) is 0.335. The van der Waals surface area contributed by atoms with Gasteiger partial charge in [0, 0.05) is 30.6 Å². The van der Waals surface area contributed by atoms with E-state index in [9.17, 15) is 9.59 Å². The van der Waals surface area contributed by atoms with E-state index < -0.39 is 0 Å². The molecule has 1 rings (SSSR count). The Hall–Kier alpha value is -2.53. The Morgan fingerprint density at radius 3 is 2.50 bits per heavy atom. The number of carbonyl (C=O) groups excluding carboxylic acids is 2. The van der Waals surface area contributed by atoms with Gasteiger partial charge in [0.05, 0.1) is 13.0 Å². The molecule has 0 bridgehead atoms. The highest BCUT2D eigenvalue weighted by Crippen LogP contribution is 2.18. The van der Waals surface area contributed by atoms with E-state index >= 15 is 0 Å². The summed E-state index contributed by atoms with van der Waals surface area (Å²) in [6.07, 6.45) is 0.575. The van der Waals surface area contributed by atoms with Gasteiger partial charge in [-0.3, -0.25) is 9.59 Å². The second kappa shape index (κ2) is 8.69. The highest BCUT2D eigenvalue weighted by molar-refractivity contribution is 5.91. The summed E-state index contributed by atoms with van der Waals surface area (Å²) in [6, 6.07) is 7.38. The Kier molecular flexibility index (Phi) is 6.92. The van der Waals surface area contributed by atoms with Crippen molar-refractivity contribution in [3.63, 3.8) is 0 Å². The summed E-state index contributed by atoms with van der Waals surface area (Å²) in [5, 5.41) is 3.44. The first-order valence-electron chi connectivity index (χ1n) is 6.95. The van der Waals surface area contributed by atoms with Crippen molar-refractivity contribution in [3.05, 3.63) is 40.3 Å². The minimum absolute atomic E-state index is 0.121. The van der Waals surface area contributed by atoms with Crippen molar-refractivity contribution in [1.82, 2.24) is 0 Å². The summed E-state index contributed by atoms with van der Waals surface area (Å²) < 4.78 is 4.70. The molecule has 1 amide bonds. The van der Waals surface area contributed by atoms with Crippen LogP contribution in [-0.2, 0) is 20.7 Å². The van der Waals surface area contributed by atoms with Crippen molar-refractivity contribution in [2.45, 2.75) is 20.3 Å². The molecule has 7 heteroatoms. The molecular weight excluding hydrogens is 284 g/mol. The Morgan fingerprint density at radius 1 is 1.36 bits per heavy atom. The highest BCUT2D eigenvalue weighted by Gasteiger charge is 2.15. The van der Waals surface area contributed by atoms with E-state index in [1.165, 1.54) is 14.0 Å². The lowest BCUT2D eigenvalue weighted by Gasteiger charge is -2.20. The van der Waals surface area contributed by atoms with Gasteiger partial charge in [0.1, 0.15) is 0 Å². The van der Waals surface area contributed by atoms with E-state index in [1.807, 2.05) is 31.2 Å². The Labute approximate surface area is 129 Å². The minimum Gasteiger partial charge on any atom is -0.469 e. The van der Waals surface area contributed by atoms with Crippen LogP contribution in [0.25, 0.3) is 10.4 Å². The maximum absolute atomic E-state index is 11.7. The molecule has 0 unspecified atom stereocenters. The SMILES string of the molecule is COC(=O)[C@@H](C)Cc1ccc(N(CCN=[N+]=[N-])C(C)=O)cc1. The standard InChI is InChI=1S/C15H20N4O3/c1-11(15(21)22-3)10-13-4-6-14(7-5-13)19(12(2)20)9-8-17-18-16/h4-7,11H,8-10H2,1-3H3/t11-/m0/s1. The number of hydrogen-bond acceptors (Lipinski definition) is 4. The van der Waals surface area contributed by atoms with Gasteiger partial charge in [0.25, 0.3) is 0 Å². The topological polar surface area (TPSA) is 95.4 Å². The van der Waals surface area contributed by atoms with Gasteiger partial charge in [-0.1, -0.05) is 24.2 Å². The number of methoxy groups -OCH3 is 1. The first kappa shape index (κ1) is 17.5. The lowest BCUT2D eigenvalue weighted by molar-refractivity contribution is -0.144. The first-order valence-corrected chi connectivity index (χ1v) is 6.95. The van der Waals surface area contributed by atoms with Crippen molar-refractivity contribution in [3.8, 4) is 0 Å². The molecule has 0 aliphatic rings. The number of amides is 1. The van der Waals surface area contributed by atoms with Crippen LogP contribution >= 0.6 is 0 Å². The second-order valence-corrected chi connectivity index (χ2v) is 4.92. The second-order valence-electron chi connectivity index (χ2n) is 4.92. The van der Waals surface area contributed by atoms with Crippen LogP contribution in [0.1, 0.15) is 19.4 Å². The van der Waals surface area contributed by atoms with E-state index in [2.05, 4.69) is 10.0 Å². The Bertz CT molecular complexity index is 565. The van der Waals surface area contributed by atoms with E-state index in [4.69, 9.17) is 10.3 Å². The Morgan fingerprint density at radius 2 is 2.00 bits per heavy atom. The number of ether oxygens (including phenoxy) is 1. The predicted molar refractivity (Wildman–Crippen MR) is 83.4 cm³/mol. The van der Waals surface area contributed by atoms with E-state index in [0.29, 0.717) is 13.0 Å². The molecule has 118 valence electrons. The molecule has 0 N–H and O–H groups in total. The monoisotopic (exact) mass is 304 g/mol. The molecule has 22 heavy (non-hydrogen) atoms. The van der Waals surface area contributed by atoms with Crippen molar-refractivity contribution in [2.75, 3.05) is 25.1 Å². The van der Waals surface area contributed by atoms with Crippen LogP contribution in [0.2, 0.25) is 0 Å². The summed E-state index contributed by atoms with van der Waals surface area (Å²) in [5.41, 5.74) is 10.0. The molecule has 0 heterocycles. The number of benzene rings is 1. The number of nitrogens with zero attached hydrogens (tertiary/aromatic N) is 4. The average Bonchev–Trinajstić information content (AvgIpc) is 2.51. The largest absolute Gasteiger partial charge is 0.469 e. The van der Waals surface area contributed by atoms with Crippen molar-refractivity contribution < 1.29 is 14.3 Å². The molecule has 0 fully saturated rings. The van der Waals surface area contributed by atoms with Gasteiger partial charge in [-0.25, -0.2) is 0 Å². The minimum atomic E-state index is -0.246. The molecule has 0 saturated heterocycles. The van der Waals surface area contributed by atoms with Crippen molar-refractivity contribution in [2.24, 2.45) is 11.0 Å². The zero-order chi connectivity index (χ0) is 16.5. The number of hydrogen-bond donors (Lipinski definition) is 0. The fourth-order valence-corrected chi connectivity index (χ4v) is 2.11. The van der Waals surface area contributed by atoms with Gasteiger partial charge in [-0.2, -0.15) is 0 Å². The van der Waals surface area contributed by atoms with Crippen LogP contribution in [0.15, 0.2) is 29.4 Å². The molecule has 0 aliphatic heterocycles. The molecule has 1 aromatic carbocycles. The number of anilines is 1. The summed E-state index contributed by atoms with van der Waals surface area (Å²) in [6.45, 7) is 3.82. The zero-order valence-corrected chi connectivity index (χ0v) is 13.0. The molecule has 1 aromatic rings. The third-order valence-electron chi connectivity index (χ3n) is 3.26. The number of esters is 1. The fourth-order valence-electron chi connectivity index (χ4n) is 2.11. The highest BCUT2D eigenvalue weighted by atomic mass is 16.5. The molecule has 0 aliphatic carbocycles. The number of rotatable bonds is 7. The van der Waals surface area contributed by atoms with Gasteiger partial charge in [-0.05, 0) is 29.6 Å². The van der Waals surface area contributed by atoms with E-state index in [1.54, 1.807) is 4.90 Å². The number of azide groups is 1. The maximum Gasteiger partial charge on any atom is 0.308 e.